The summed E-state index contributed by atoms with van der Waals surface area (Å²) in [5.74, 6) is 1.37. The van der Waals surface area contributed by atoms with Gasteiger partial charge in [-0.05, 0) is 35.9 Å². The molecule has 0 unspecified atom stereocenters. The molecule has 2 aromatic rings. The van der Waals surface area contributed by atoms with Crippen molar-refractivity contribution in [3.8, 4) is 11.5 Å². The lowest BCUT2D eigenvalue weighted by Crippen LogP contribution is -2.22. The number of rotatable bonds is 4. The van der Waals surface area contributed by atoms with Crippen molar-refractivity contribution in [2.45, 2.75) is 11.4 Å². The molecule has 0 amide bonds. The minimum atomic E-state index is -3.66. The second kappa shape index (κ2) is 5.01. The van der Waals surface area contributed by atoms with Crippen molar-refractivity contribution in [2.24, 2.45) is 0 Å². The molecule has 0 radical (unpaired) electrons. The molecule has 0 fully saturated rings. The van der Waals surface area contributed by atoms with Crippen LogP contribution in [-0.4, -0.2) is 15.2 Å². The minimum Gasteiger partial charge on any atom is -0.454 e. The van der Waals surface area contributed by atoms with Crippen LogP contribution in [-0.2, 0) is 16.6 Å². The molecule has 0 saturated heterocycles. The van der Waals surface area contributed by atoms with Gasteiger partial charge in [-0.25, -0.2) is 13.1 Å². The van der Waals surface area contributed by atoms with E-state index >= 15 is 0 Å². The van der Waals surface area contributed by atoms with E-state index in [1.54, 1.807) is 18.2 Å². The lowest BCUT2D eigenvalue weighted by atomic mass is 10.3. The van der Waals surface area contributed by atoms with Gasteiger partial charge >= 0.3 is 0 Å². The third-order valence-electron chi connectivity index (χ3n) is 2.72. The number of halogens is 1. The Balaban J connectivity index is 1.78. The molecule has 0 atom stereocenters. The number of hydrogen-bond donors (Lipinski definition) is 1. The van der Waals surface area contributed by atoms with E-state index in [0.717, 1.165) is 0 Å². The van der Waals surface area contributed by atoms with Gasteiger partial charge < -0.3 is 13.9 Å². The first-order valence-corrected chi connectivity index (χ1v) is 7.54. The van der Waals surface area contributed by atoms with Crippen molar-refractivity contribution in [3.05, 3.63) is 41.3 Å². The van der Waals surface area contributed by atoms with Crippen LogP contribution in [0, 0.1) is 0 Å². The Hall–Kier alpha value is -1.70. The highest BCUT2D eigenvalue weighted by Crippen LogP contribution is 2.33. The highest BCUT2D eigenvalue weighted by molar-refractivity contribution is 7.89. The Kier molecular flexibility index (Phi) is 3.33. The third kappa shape index (κ3) is 2.60. The van der Waals surface area contributed by atoms with Gasteiger partial charge in [0, 0.05) is 6.07 Å². The van der Waals surface area contributed by atoms with Gasteiger partial charge in [0.1, 0.15) is 5.76 Å². The van der Waals surface area contributed by atoms with E-state index in [0.29, 0.717) is 17.3 Å². The monoisotopic (exact) mass is 315 g/mol. The molecule has 1 aromatic heterocycles. The number of furan rings is 1. The average molecular weight is 316 g/mol. The first-order chi connectivity index (χ1) is 9.54. The Labute approximate surface area is 120 Å². The molecule has 0 aliphatic carbocycles. The maximum Gasteiger partial charge on any atom is 0.241 e. The molecule has 6 nitrogen and oxygen atoms in total. The van der Waals surface area contributed by atoms with Crippen LogP contribution in [0.2, 0.25) is 5.22 Å². The quantitative estimate of drug-likeness (QED) is 0.935. The smallest absolute Gasteiger partial charge is 0.241 e. The van der Waals surface area contributed by atoms with Gasteiger partial charge in [-0.3, -0.25) is 0 Å². The normalized spacial score (nSPS) is 13.7. The summed E-state index contributed by atoms with van der Waals surface area (Å²) in [5.41, 5.74) is 0. The van der Waals surface area contributed by atoms with E-state index in [4.69, 9.17) is 25.5 Å². The zero-order valence-corrected chi connectivity index (χ0v) is 11.7. The van der Waals surface area contributed by atoms with Crippen LogP contribution in [0.5, 0.6) is 11.5 Å². The van der Waals surface area contributed by atoms with Gasteiger partial charge in [-0.2, -0.15) is 0 Å². The molecule has 1 aliphatic rings. The fourth-order valence-corrected chi connectivity index (χ4v) is 2.91. The summed E-state index contributed by atoms with van der Waals surface area (Å²) in [5, 5.41) is 0.210. The summed E-state index contributed by atoms with van der Waals surface area (Å²) >= 11 is 5.62. The van der Waals surface area contributed by atoms with Crippen LogP contribution in [0.1, 0.15) is 5.76 Å². The van der Waals surface area contributed by atoms with Gasteiger partial charge in [0.25, 0.3) is 0 Å². The molecular formula is C12H10ClNO5S. The Morgan fingerprint density at radius 3 is 2.70 bits per heavy atom. The SMILES string of the molecule is O=S(=O)(NCc1ccc(Cl)o1)c1ccc2c(c1)OCO2. The highest BCUT2D eigenvalue weighted by atomic mass is 35.5. The molecule has 1 aromatic carbocycles. The minimum absolute atomic E-state index is 0.0174. The van der Waals surface area contributed by atoms with Crippen LogP contribution in [0.25, 0.3) is 0 Å². The number of fused-ring (bicyclic) bond motifs is 1. The highest BCUT2D eigenvalue weighted by Gasteiger charge is 2.20. The topological polar surface area (TPSA) is 77.8 Å². The van der Waals surface area contributed by atoms with Crippen molar-refractivity contribution in [2.75, 3.05) is 6.79 Å². The van der Waals surface area contributed by atoms with Crippen LogP contribution in [0.3, 0.4) is 0 Å². The summed E-state index contributed by atoms with van der Waals surface area (Å²) in [7, 11) is -3.66. The van der Waals surface area contributed by atoms with Crippen LogP contribution in [0.15, 0.2) is 39.6 Å². The second-order valence-corrected chi connectivity index (χ2v) is 6.18. The maximum atomic E-state index is 12.1. The fraction of sp³-hybridized carbons (Fsp3) is 0.167. The predicted molar refractivity (Wildman–Crippen MR) is 70.3 cm³/mol. The van der Waals surface area contributed by atoms with Crippen LogP contribution < -0.4 is 14.2 Å². The van der Waals surface area contributed by atoms with E-state index < -0.39 is 10.0 Å². The standard InChI is InChI=1S/C12H10ClNO5S/c13-12-4-1-8(19-12)6-14-20(15,16)9-2-3-10-11(5-9)18-7-17-10/h1-5,14H,6-7H2. The van der Waals surface area contributed by atoms with Gasteiger partial charge in [-0.1, -0.05) is 0 Å². The van der Waals surface area contributed by atoms with Crippen LogP contribution >= 0.6 is 11.6 Å². The summed E-state index contributed by atoms with van der Waals surface area (Å²) in [6.45, 7) is 0.112. The van der Waals surface area contributed by atoms with Gasteiger partial charge in [0.15, 0.2) is 16.7 Å². The molecule has 20 heavy (non-hydrogen) atoms. The third-order valence-corrected chi connectivity index (χ3v) is 4.32. The zero-order chi connectivity index (χ0) is 14.2. The zero-order valence-electron chi connectivity index (χ0n) is 10.1. The molecule has 106 valence electrons. The molecule has 0 spiro atoms. The average Bonchev–Trinajstić information content (AvgIpc) is 3.04. The summed E-state index contributed by atoms with van der Waals surface area (Å²) in [6, 6.07) is 7.57. The number of benzene rings is 1. The predicted octanol–water partition coefficient (Wildman–Crippen LogP) is 2.14. The van der Waals surface area contributed by atoms with E-state index in [-0.39, 0.29) is 23.5 Å². The Morgan fingerprint density at radius 1 is 1.15 bits per heavy atom. The van der Waals surface area contributed by atoms with E-state index in [1.165, 1.54) is 12.1 Å². The number of nitrogens with one attached hydrogen (secondary N) is 1. The lowest BCUT2D eigenvalue weighted by molar-refractivity contribution is 0.174. The van der Waals surface area contributed by atoms with Crippen molar-refractivity contribution in [1.29, 1.82) is 0 Å². The lowest BCUT2D eigenvalue weighted by Gasteiger charge is -2.06. The molecule has 0 bridgehead atoms. The number of sulfonamides is 1. The number of ether oxygens (including phenoxy) is 2. The molecule has 0 saturated carbocycles. The van der Waals surface area contributed by atoms with Crippen molar-refractivity contribution < 1.29 is 22.3 Å². The van der Waals surface area contributed by atoms with Crippen molar-refractivity contribution in [3.63, 3.8) is 0 Å². The molecule has 3 rings (SSSR count). The second-order valence-electron chi connectivity index (χ2n) is 4.05. The molecule has 1 aliphatic heterocycles. The van der Waals surface area contributed by atoms with E-state index in [9.17, 15) is 8.42 Å². The summed E-state index contributed by atoms with van der Waals surface area (Å²) in [6.07, 6.45) is 0. The first-order valence-electron chi connectivity index (χ1n) is 5.68. The van der Waals surface area contributed by atoms with Crippen molar-refractivity contribution >= 4 is 21.6 Å². The fourth-order valence-electron chi connectivity index (χ4n) is 1.74. The van der Waals surface area contributed by atoms with Gasteiger partial charge in [-0.15, -0.1) is 0 Å². The Bertz CT molecular complexity index is 740. The van der Waals surface area contributed by atoms with Crippen molar-refractivity contribution in [1.82, 2.24) is 4.72 Å². The van der Waals surface area contributed by atoms with Gasteiger partial charge in [0.2, 0.25) is 16.8 Å². The first kappa shape index (κ1) is 13.3. The van der Waals surface area contributed by atoms with E-state index in [2.05, 4.69) is 4.72 Å². The number of hydrogen-bond acceptors (Lipinski definition) is 5. The summed E-state index contributed by atoms with van der Waals surface area (Å²) in [4.78, 5) is 0.0967. The van der Waals surface area contributed by atoms with E-state index in [1.807, 2.05) is 0 Å². The molecular weight excluding hydrogens is 306 g/mol. The summed E-state index contributed by atoms with van der Waals surface area (Å²) < 4.78 is 42.0. The molecule has 1 N–H and O–H groups in total. The largest absolute Gasteiger partial charge is 0.454 e. The maximum absolute atomic E-state index is 12.1. The van der Waals surface area contributed by atoms with Crippen LogP contribution in [0.4, 0.5) is 0 Å². The Morgan fingerprint density at radius 2 is 1.95 bits per heavy atom. The molecule has 8 heteroatoms. The van der Waals surface area contributed by atoms with Gasteiger partial charge in [0.05, 0.1) is 11.4 Å². The molecule has 2 heterocycles.